The van der Waals surface area contributed by atoms with E-state index in [0.717, 1.165) is 41.8 Å². The standard InChI is InChI=1S/C24H25FN2O2/c1-15-11-17(3)20(12-16(15)2)21-22(24(29)23(21)28)27-10-4-9-26(14-27)13-18-5-7-19(25)8-6-18/h5-8,11-12H,4,9-10,13-14H2,1-3H3. The Morgan fingerprint density at radius 3 is 2.31 bits per heavy atom. The summed E-state index contributed by atoms with van der Waals surface area (Å²) in [5.74, 6) is -0.244. The van der Waals surface area contributed by atoms with Crippen LogP contribution in [0.2, 0.25) is 0 Å². The third-order valence-corrected chi connectivity index (χ3v) is 5.90. The predicted molar refractivity (Wildman–Crippen MR) is 115 cm³/mol. The van der Waals surface area contributed by atoms with Crippen molar-refractivity contribution in [1.29, 1.82) is 0 Å². The largest absolute Gasteiger partial charge is 0.355 e. The van der Waals surface area contributed by atoms with E-state index in [-0.39, 0.29) is 16.7 Å². The molecular weight excluding hydrogens is 367 g/mol. The van der Waals surface area contributed by atoms with Gasteiger partial charge in [0.15, 0.2) is 0 Å². The van der Waals surface area contributed by atoms with E-state index in [9.17, 15) is 14.0 Å². The van der Waals surface area contributed by atoms with Crippen LogP contribution in [0.25, 0.3) is 11.1 Å². The van der Waals surface area contributed by atoms with Gasteiger partial charge in [0, 0.05) is 19.6 Å². The van der Waals surface area contributed by atoms with E-state index in [0.29, 0.717) is 24.5 Å². The molecule has 0 aliphatic carbocycles. The summed E-state index contributed by atoms with van der Waals surface area (Å²) in [6.45, 7) is 8.98. The summed E-state index contributed by atoms with van der Waals surface area (Å²) in [5, 5.41) is 0. The lowest BCUT2D eigenvalue weighted by molar-refractivity contribution is 0.232. The van der Waals surface area contributed by atoms with Gasteiger partial charge in [-0.3, -0.25) is 14.5 Å². The van der Waals surface area contributed by atoms with Gasteiger partial charge in [-0.05, 0) is 67.1 Å². The number of hydrogen-bond acceptors (Lipinski definition) is 4. The highest BCUT2D eigenvalue weighted by molar-refractivity contribution is 5.84. The lowest BCUT2D eigenvalue weighted by atomic mass is 9.91. The van der Waals surface area contributed by atoms with Crippen LogP contribution in [0.1, 0.15) is 28.7 Å². The van der Waals surface area contributed by atoms with E-state index in [1.807, 2.05) is 31.7 Å². The molecule has 0 amide bonds. The van der Waals surface area contributed by atoms with Crippen molar-refractivity contribution in [3.05, 3.63) is 84.9 Å². The van der Waals surface area contributed by atoms with Crippen LogP contribution in [0.5, 0.6) is 0 Å². The van der Waals surface area contributed by atoms with Crippen molar-refractivity contribution in [2.24, 2.45) is 0 Å². The molecule has 0 N–H and O–H groups in total. The summed E-state index contributed by atoms with van der Waals surface area (Å²) in [6, 6.07) is 10.6. The molecule has 150 valence electrons. The molecule has 0 aromatic heterocycles. The summed E-state index contributed by atoms with van der Waals surface area (Å²) >= 11 is 0. The SMILES string of the molecule is Cc1cc(C)c(-c2c(N3CCCN(Cc4ccc(F)cc4)C3)c(=O)c2=O)cc1C. The second-order valence-corrected chi connectivity index (χ2v) is 8.07. The first-order chi connectivity index (χ1) is 13.8. The number of hydrogen-bond donors (Lipinski definition) is 0. The van der Waals surface area contributed by atoms with E-state index < -0.39 is 0 Å². The Balaban J connectivity index is 1.62. The summed E-state index contributed by atoms with van der Waals surface area (Å²) in [4.78, 5) is 29.2. The monoisotopic (exact) mass is 392 g/mol. The normalized spacial score (nSPS) is 15.2. The van der Waals surface area contributed by atoms with Crippen LogP contribution in [-0.2, 0) is 6.54 Å². The smallest absolute Gasteiger partial charge is 0.250 e. The van der Waals surface area contributed by atoms with Crippen LogP contribution in [0.15, 0.2) is 46.0 Å². The molecule has 4 nitrogen and oxygen atoms in total. The highest BCUT2D eigenvalue weighted by atomic mass is 19.1. The highest BCUT2D eigenvalue weighted by Gasteiger charge is 2.30. The molecule has 3 aromatic rings. The van der Waals surface area contributed by atoms with Gasteiger partial charge in [-0.1, -0.05) is 24.3 Å². The lowest BCUT2D eigenvalue weighted by Gasteiger charge is -2.38. The molecule has 1 fully saturated rings. The summed E-state index contributed by atoms with van der Waals surface area (Å²) in [6.07, 6.45) is 0.908. The number of aryl methyl sites for hydroxylation is 3. The van der Waals surface area contributed by atoms with Gasteiger partial charge in [0.05, 0.1) is 12.2 Å². The zero-order valence-corrected chi connectivity index (χ0v) is 17.1. The Bertz CT molecular complexity index is 1130. The number of halogens is 1. The van der Waals surface area contributed by atoms with Crippen LogP contribution < -0.4 is 15.8 Å². The second kappa shape index (κ2) is 7.56. The maximum absolute atomic E-state index is 13.2. The molecule has 0 radical (unpaired) electrons. The topological polar surface area (TPSA) is 40.6 Å². The predicted octanol–water partition coefficient (Wildman–Crippen LogP) is 3.68. The first-order valence-corrected chi connectivity index (χ1v) is 9.98. The van der Waals surface area contributed by atoms with Crippen LogP contribution in [0.3, 0.4) is 0 Å². The first kappa shape index (κ1) is 19.5. The van der Waals surface area contributed by atoms with Crippen molar-refractivity contribution in [2.45, 2.75) is 33.7 Å². The maximum Gasteiger partial charge on any atom is 0.250 e. The van der Waals surface area contributed by atoms with Crippen molar-refractivity contribution < 1.29 is 4.39 Å². The third kappa shape index (κ3) is 3.62. The molecular formula is C24H25FN2O2. The van der Waals surface area contributed by atoms with E-state index >= 15 is 0 Å². The van der Waals surface area contributed by atoms with Crippen molar-refractivity contribution in [2.75, 3.05) is 24.7 Å². The van der Waals surface area contributed by atoms with Crippen LogP contribution >= 0.6 is 0 Å². The minimum atomic E-state index is -0.388. The molecule has 5 heteroatoms. The fourth-order valence-corrected chi connectivity index (χ4v) is 4.19. The Morgan fingerprint density at radius 1 is 0.897 bits per heavy atom. The lowest BCUT2D eigenvalue weighted by Crippen LogP contribution is -2.50. The molecule has 3 aromatic carbocycles. The molecule has 1 aliphatic heterocycles. The molecule has 1 aliphatic rings. The molecule has 0 spiro atoms. The maximum atomic E-state index is 13.2. The van der Waals surface area contributed by atoms with Gasteiger partial charge < -0.3 is 4.90 Å². The molecule has 0 bridgehead atoms. The highest BCUT2D eigenvalue weighted by Crippen LogP contribution is 2.32. The number of rotatable bonds is 4. The zero-order chi connectivity index (χ0) is 20.7. The summed E-state index contributed by atoms with van der Waals surface area (Å²) < 4.78 is 13.2. The minimum absolute atomic E-state index is 0.244. The van der Waals surface area contributed by atoms with Gasteiger partial charge in [0.25, 0.3) is 0 Å². The number of nitrogens with zero attached hydrogens (tertiary/aromatic N) is 2. The van der Waals surface area contributed by atoms with Crippen LogP contribution in [0, 0.1) is 26.6 Å². The Hall–Kier alpha value is -2.79. The van der Waals surface area contributed by atoms with E-state index in [1.54, 1.807) is 12.1 Å². The van der Waals surface area contributed by atoms with Crippen molar-refractivity contribution in [3.63, 3.8) is 0 Å². The fraction of sp³-hybridized carbons (Fsp3) is 0.333. The zero-order valence-electron chi connectivity index (χ0n) is 17.1. The molecule has 29 heavy (non-hydrogen) atoms. The minimum Gasteiger partial charge on any atom is -0.355 e. The van der Waals surface area contributed by atoms with Crippen molar-refractivity contribution in [3.8, 4) is 11.1 Å². The molecule has 4 rings (SSSR count). The van der Waals surface area contributed by atoms with Gasteiger partial charge in [-0.15, -0.1) is 0 Å². The van der Waals surface area contributed by atoms with Crippen molar-refractivity contribution in [1.82, 2.24) is 4.90 Å². The van der Waals surface area contributed by atoms with Gasteiger partial charge in [0.1, 0.15) is 11.5 Å². The molecule has 0 saturated carbocycles. The van der Waals surface area contributed by atoms with E-state index in [1.165, 1.54) is 17.7 Å². The average molecular weight is 392 g/mol. The molecule has 1 saturated heterocycles. The van der Waals surface area contributed by atoms with Gasteiger partial charge in [-0.25, -0.2) is 4.39 Å². The van der Waals surface area contributed by atoms with E-state index in [2.05, 4.69) is 11.0 Å². The fourth-order valence-electron chi connectivity index (χ4n) is 4.19. The first-order valence-electron chi connectivity index (χ1n) is 9.98. The Kier molecular flexibility index (Phi) is 5.09. The van der Waals surface area contributed by atoms with Gasteiger partial charge >= 0.3 is 0 Å². The second-order valence-electron chi connectivity index (χ2n) is 8.07. The van der Waals surface area contributed by atoms with E-state index in [4.69, 9.17) is 0 Å². The summed E-state index contributed by atoms with van der Waals surface area (Å²) in [7, 11) is 0. The Labute approximate surface area is 169 Å². The quantitative estimate of drug-likeness (QED) is 0.635. The van der Waals surface area contributed by atoms with Crippen molar-refractivity contribution >= 4 is 5.69 Å². The molecule has 0 atom stereocenters. The van der Waals surface area contributed by atoms with Gasteiger partial charge in [-0.2, -0.15) is 0 Å². The van der Waals surface area contributed by atoms with Crippen LogP contribution in [-0.4, -0.2) is 24.7 Å². The van der Waals surface area contributed by atoms with Gasteiger partial charge in [0.2, 0.25) is 10.9 Å². The summed E-state index contributed by atoms with van der Waals surface area (Å²) in [5.41, 5.74) is 5.53. The molecule has 1 heterocycles. The Morgan fingerprint density at radius 2 is 1.59 bits per heavy atom. The molecule has 0 unspecified atom stereocenters. The third-order valence-electron chi connectivity index (χ3n) is 5.90. The van der Waals surface area contributed by atoms with Crippen LogP contribution in [0.4, 0.5) is 10.1 Å². The number of anilines is 1. The average Bonchev–Trinajstić information content (AvgIpc) is 2.70. The number of benzene rings is 2.